The van der Waals surface area contributed by atoms with Crippen molar-refractivity contribution in [2.75, 3.05) is 26.7 Å². The van der Waals surface area contributed by atoms with Gasteiger partial charge in [-0.05, 0) is 39.7 Å². The lowest BCUT2D eigenvalue weighted by atomic mass is 9.74. The highest BCUT2D eigenvalue weighted by atomic mass is 15.3. The van der Waals surface area contributed by atoms with E-state index in [2.05, 4.69) is 37.6 Å². The van der Waals surface area contributed by atoms with E-state index in [0.717, 1.165) is 12.5 Å². The van der Waals surface area contributed by atoms with Crippen LogP contribution < -0.4 is 5.73 Å². The van der Waals surface area contributed by atoms with Crippen molar-refractivity contribution in [3.63, 3.8) is 0 Å². The van der Waals surface area contributed by atoms with Crippen molar-refractivity contribution in [3.8, 4) is 0 Å². The number of piperazine rings is 1. The lowest BCUT2D eigenvalue weighted by Gasteiger charge is -2.54. The summed E-state index contributed by atoms with van der Waals surface area (Å²) in [6.45, 7) is 10.3. The van der Waals surface area contributed by atoms with Gasteiger partial charge in [0, 0.05) is 37.3 Å². The molecule has 3 heteroatoms. The van der Waals surface area contributed by atoms with Gasteiger partial charge in [-0.2, -0.15) is 0 Å². The number of likely N-dealkylation sites (N-methyl/N-ethyl adjacent to an activating group) is 1. The van der Waals surface area contributed by atoms with E-state index in [9.17, 15) is 0 Å². The monoisotopic (exact) mass is 253 g/mol. The van der Waals surface area contributed by atoms with Gasteiger partial charge < -0.3 is 5.73 Å². The first-order valence-corrected chi connectivity index (χ1v) is 7.65. The third-order valence-electron chi connectivity index (χ3n) is 5.48. The fraction of sp³-hybridized carbons (Fsp3) is 1.00. The van der Waals surface area contributed by atoms with E-state index in [1.807, 2.05) is 0 Å². The van der Waals surface area contributed by atoms with Crippen LogP contribution in [-0.4, -0.2) is 54.1 Å². The Morgan fingerprint density at radius 1 is 1.17 bits per heavy atom. The van der Waals surface area contributed by atoms with Gasteiger partial charge in [-0.3, -0.25) is 9.80 Å². The summed E-state index contributed by atoms with van der Waals surface area (Å²) in [6, 6.07) is 1.30. The molecule has 4 unspecified atom stereocenters. The highest BCUT2D eigenvalue weighted by molar-refractivity contribution is 4.99. The molecule has 1 saturated heterocycles. The molecule has 2 N–H and O–H groups in total. The van der Waals surface area contributed by atoms with Crippen molar-refractivity contribution in [1.29, 1.82) is 0 Å². The predicted octanol–water partition coefficient (Wildman–Crippen LogP) is 1.92. The Morgan fingerprint density at radius 2 is 1.78 bits per heavy atom. The van der Waals surface area contributed by atoms with Gasteiger partial charge in [0.1, 0.15) is 0 Å². The molecule has 4 atom stereocenters. The first kappa shape index (κ1) is 14.3. The Balaban J connectivity index is 2.12. The van der Waals surface area contributed by atoms with Crippen LogP contribution in [0, 0.1) is 5.92 Å². The van der Waals surface area contributed by atoms with Gasteiger partial charge in [-0.1, -0.05) is 19.8 Å². The minimum atomic E-state index is 0.293. The predicted molar refractivity (Wildman–Crippen MR) is 77.7 cm³/mol. The Labute approximate surface area is 113 Å². The molecule has 0 bridgehead atoms. The van der Waals surface area contributed by atoms with Gasteiger partial charge in [0.05, 0.1) is 0 Å². The van der Waals surface area contributed by atoms with Crippen molar-refractivity contribution in [1.82, 2.24) is 9.80 Å². The zero-order chi connectivity index (χ0) is 13.3. The van der Waals surface area contributed by atoms with Crippen LogP contribution in [0.1, 0.15) is 46.5 Å². The molecular weight excluding hydrogens is 222 g/mol. The molecule has 2 rings (SSSR count). The van der Waals surface area contributed by atoms with Crippen LogP contribution >= 0.6 is 0 Å². The van der Waals surface area contributed by atoms with E-state index in [1.54, 1.807) is 0 Å². The average molecular weight is 253 g/mol. The zero-order valence-electron chi connectivity index (χ0n) is 12.7. The van der Waals surface area contributed by atoms with Gasteiger partial charge in [0.15, 0.2) is 0 Å². The minimum absolute atomic E-state index is 0.293. The van der Waals surface area contributed by atoms with Crippen LogP contribution in [0.3, 0.4) is 0 Å². The van der Waals surface area contributed by atoms with Crippen molar-refractivity contribution in [3.05, 3.63) is 0 Å². The van der Waals surface area contributed by atoms with E-state index in [4.69, 9.17) is 5.73 Å². The van der Waals surface area contributed by atoms with Gasteiger partial charge in [-0.25, -0.2) is 0 Å². The van der Waals surface area contributed by atoms with Crippen molar-refractivity contribution in [2.24, 2.45) is 11.7 Å². The molecular formula is C15H31N3. The van der Waals surface area contributed by atoms with Crippen LogP contribution in [-0.2, 0) is 0 Å². The lowest BCUT2D eigenvalue weighted by Crippen LogP contribution is -2.65. The number of nitrogens with zero attached hydrogens (tertiary/aromatic N) is 2. The van der Waals surface area contributed by atoms with Crippen molar-refractivity contribution < 1.29 is 0 Å². The van der Waals surface area contributed by atoms with Crippen LogP contribution in [0.2, 0.25) is 0 Å². The summed E-state index contributed by atoms with van der Waals surface area (Å²) in [6.07, 6.45) is 5.34. The van der Waals surface area contributed by atoms with Crippen LogP contribution in [0.4, 0.5) is 0 Å². The zero-order valence-corrected chi connectivity index (χ0v) is 12.7. The largest absolute Gasteiger partial charge is 0.329 e. The Hall–Kier alpha value is -0.120. The molecule has 3 nitrogen and oxygen atoms in total. The second kappa shape index (κ2) is 5.48. The second-order valence-electron chi connectivity index (χ2n) is 6.90. The molecule has 0 radical (unpaired) electrons. The summed E-state index contributed by atoms with van der Waals surface area (Å²) in [4.78, 5) is 5.23. The highest BCUT2D eigenvalue weighted by Crippen LogP contribution is 2.37. The minimum Gasteiger partial charge on any atom is -0.329 e. The first-order valence-electron chi connectivity index (χ1n) is 7.65. The van der Waals surface area contributed by atoms with Crippen molar-refractivity contribution in [2.45, 2.75) is 64.1 Å². The number of nitrogens with two attached hydrogens (primary N) is 1. The topological polar surface area (TPSA) is 32.5 Å². The average Bonchev–Trinajstić information content (AvgIpc) is 2.35. The Bertz CT molecular complexity index is 269. The van der Waals surface area contributed by atoms with E-state index in [0.29, 0.717) is 17.6 Å². The molecule has 0 amide bonds. The van der Waals surface area contributed by atoms with E-state index < -0.39 is 0 Å². The smallest absolute Gasteiger partial charge is 0.0335 e. The number of hydrogen-bond donors (Lipinski definition) is 1. The van der Waals surface area contributed by atoms with Crippen LogP contribution in [0.25, 0.3) is 0 Å². The maximum atomic E-state index is 6.20. The Kier molecular flexibility index (Phi) is 4.35. The molecule has 0 spiro atoms. The van der Waals surface area contributed by atoms with Gasteiger partial charge >= 0.3 is 0 Å². The quantitative estimate of drug-likeness (QED) is 0.816. The summed E-state index contributed by atoms with van der Waals surface area (Å²) in [5.74, 6) is 0.840. The van der Waals surface area contributed by atoms with Crippen LogP contribution in [0.15, 0.2) is 0 Å². The summed E-state index contributed by atoms with van der Waals surface area (Å²) >= 11 is 0. The van der Waals surface area contributed by atoms with E-state index >= 15 is 0 Å². The summed E-state index contributed by atoms with van der Waals surface area (Å²) in [7, 11) is 2.26. The standard InChI is InChI=1S/C15H31N3/c1-12-6-5-7-15(8-12,11-16)18-9-13(2)17(4)14(3)10-18/h12-14H,5-11,16H2,1-4H3. The van der Waals surface area contributed by atoms with Crippen molar-refractivity contribution >= 4 is 0 Å². The van der Waals surface area contributed by atoms with E-state index in [-0.39, 0.29) is 0 Å². The molecule has 1 heterocycles. The normalized spacial score (nSPS) is 44.2. The maximum absolute atomic E-state index is 6.20. The Morgan fingerprint density at radius 3 is 2.28 bits per heavy atom. The molecule has 1 aliphatic heterocycles. The molecule has 18 heavy (non-hydrogen) atoms. The third kappa shape index (κ3) is 2.59. The summed E-state index contributed by atoms with van der Waals surface area (Å²) < 4.78 is 0. The second-order valence-corrected chi connectivity index (χ2v) is 6.90. The molecule has 2 aliphatic rings. The number of rotatable bonds is 2. The summed E-state index contributed by atoms with van der Waals surface area (Å²) in [5, 5.41) is 0. The van der Waals surface area contributed by atoms with Gasteiger partial charge in [-0.15, -0.1) is 0 Å². The molecule has 0 aromatic heterocycles. The fourth-order valence-corrected chi connectivity index (χ4v) is 4.03. The van der Waals surface area contributed by atoms with E-state index in [1.165, 1.54) is 38.8 Å². The van der Waals surface area contributed by atoms with Crippen LogP contribution in [0.5, 0.6) is 0 Å². The third-order valence-corrected chi connectivity index (χ3v) is 5.48. The maximum Gasteiger partial charge on any atom is 0.0335 e. The fourth-order valence-electron chi connectivity index (χ4n) is 4.03. The molecule has 0 aromatic carbocycles. The van der Waals surface area contributed by atoms with Gasteiger partial charge in [0.2, 0.25) is 0 Å². The summed E-state index contributed by atoms with van der Waals surface area (Å²) in [5.41, 5.74) is 6.49. The first-order chi connectivity index (χ1) is 8.48. The lowest BCUT2D eigenvalue weighted by molar-refractivity contribution is -0.0341. The molecule has 2 fully saturated rings. The number of hydrogen-bond acceptors (Lipinski definition) is 3. The highest BCUT2D eigenvalue weighted by Gasteiger charge is 2.42. The molecule has 0 aromatic rings. The van der Waals surface area contributed by atoms with Gasteiger partial charge in [0.25, 0.3) is 0 Å². The molecule has 106 valence electrons. The molecule has 1 aliphatic carbocycles. The SMILES string of the molecule is CC1CCCC(CN)(N2CC(C)N(C)C(C)C2)C1. The molecule has 1 saturated carbocycles.